The van der Waals surface area contributed by atoms with Crippen molar-refractivity contribution in [3.05, 3.63) is 17.8 Å². The van der Waals surface area contributed by atoms with E-state index in [1.54, 1.807) is 0 Å². The molecular weight excluding hydrogens is 106 g/mol. The number of carbonyl (C=O) groups is 1. The smallest absolute Gasteiger partial charge is 0.188 e. The number of hydrogen-bond donors (Lipinski definition) is 2. The standard InChI is InChI=1S/C5H5NO2/c7-3-4-1-5(8)6-2-4/h1-3,6,8H. The van der Waals surface area contributed by atoms with Crippen LogP contribution >= 0.6 is 0 Å². The van der Waals surface area contributed by atoms with E-state index in [1.807, 2.05) is 0 Å². The van der Waals surface area contributed by atoms with Crippen LogP contribution in [-0.2, 0) is 0 Å². The molecule has 0 atom stereocenters. The Kier molecular flexibility index (Phi) is 1.04. The molecule has 0 bridgehead atoms. The number of aromatic hydroxyl groups is 1. The molecule has 0 fully saturated rings. The molecule has 3 heteroatoms. The molecular formula is C5H5NO2. The second-order valence-corrected chi connectivity index (χ2v) is 1.44. The van der Waals surface area contributed by atoms with Gasteiger partial charge in [-0.25, -0.2) is 0 Å². The molecule has 0 amide bonds. The van der Waals surface area contributed by atoms with E-state index in [9.17, 15) is 4.79 Å². The van der Waals surface area contributed by atoms with Crippen molar-refractivity contribution in [3.8, 4) is 5.88 Å². The summed E-state index contributed by atoms with van der Waals surface area (Å²) >= 11 is 0. The van der Waals surface area contributed by atoms with Gasteiger partial charge in [0.1, 0.15) is 0 Å². The summed E-state index contributed by atoms with van der Waals surface area (Å²) in [6, 6.07) is 1.35. The maximum atomic E-state index is 9.89. The lowest BCUT2D eigenvalue weighted by Crippen LogP contribution is -1.66. The Bertz CT molecular complexity index is 192. The van der Waals surface area contributed by atoms with E-state index in [0.29, 0.717) is 11.8 Å². The summed E-state index contributed by atoms with van der Waals surface area (Å²) in [5, 5.41) is 8.57. The first-order chi connectivity index (χ1) is 3.83. The molecule has 2 N–H and O–H groups in total. The number of carbonyl (C=O) groups excluding carboxylic acids is 1. The third-order valence-corrected chi connectivity index (χ3v) is 0.826. The molecule has 0 saturated heterocycles. The monoisotopic (exact) mass is 111 g/mol. The number of aldehydes is 1. The summed E-state index contributed by atoms with van der Waals surface area (Å²) in [6.07, 6.45) is 2.10. The molecule has 0 radical (unpaired) electrons. The van der Waals surface area contributed by atoms with Crippen LogP contribution in [0, 0.1) is 0 Å². The molecule has 0 unspecified atom stereocenters. The van der Waals surface area contributed by atoms with Crippen LogP contribution in [-0.4, -0.2) is 16.4 Å². The lowest BCUT2D eigenvalue weighted by atomic mass is 10.4. The van der Waals surface area contributed by atoms with Crippen molar-refractivity contribution in [2.24, 2.45) is 0 Å². The van der Waals surface area contributed by atoms with Gasteiger partial charge in [-0.1, -0.05) is 0 Å². The Morgan fingerprint density at radius 2 is 2.50 bits per heavy atom. The van der Waals surface area contributed by atoms with Crippen LogP contribution in [0.3, 0.4) is 0 Å². The van der Waals surface area contributed by atoms with Gasteiger partial charge in [0.05, 0.1) is 0 Å². The second kappa shape index (κ2) is 1.69. The van der Waals surface area contributed by atoms with Gasteiger partial charge in [0.15, 0.2) is 12.2 Å². The highest BCUT2D eigenvalue weighted by Crippen LogP contribution is 2.04. The molecule has 8 heavy (non-hydrogen) atoms. The molecule has 1 heterocycles. The van der Waals surface area contributed by atoms with E-state index in [2.05, 4.69) is 4.98 Å². The van der Waals surface area contributed by atoms with E-state index in [-0.39, 0.29) is 5.88 Å². The highest BCUT2D eigenvalue weighted by atomic mass is 16.3. The quantitative estimate of drug-likeness (QED) is 0.519. The molecule has 3 nitrogen and oxygen atoms in total. The van der Waals surface area contributed by atoms with Crippen molar-refractivity contribution >= 4 is 6.29 Å². The predicted molar refractivity (Wildman–Crippen MR) is 27.8 cm³/mol. The minimum atomic E-state index is 0.0205. The zero-order valence-electron chi connectivity index (χ0n) is 4.09. The largest absolute Gasteiger partial charge is 0.495 e. The van der Waals surface area contributed by atoms with E-state index in [0.717, 1.165) is 0 Å². The zero-order chi connectivity index (χ0) is 5.98. The van der Waals surface area contributed by atoms with Crippen LogP contribution in [0.2, 0.25) is 0 Å². The van der Waals surface area contributed by atoms with Gasteiger partial charge >= 0.3 is 0 Å². The maximum Gasteiger partial charge on any atom is 0.188 e. The van der Waals surface area contributed by atoms with Crippen molar-refractivity contribution in [3.63, 3.8) is 0 Å². The van der Waals surface area contributed by atoms with Gasteiger partial charge < -0.3 is 10.1 Å². The molecule has 1 aromatic rings. The third kappa shape index (κ3) is 0.703. The fourth-order valence-corrected chi connectivity index (χ4v) is 0.467. The van der Waals surface area contributed by atoms with Gasteiger partial charge in [-0.3, -0.25) is 4.79 Å². The average Bonchev–Trinajstić information content (AvgIpc) is 2.14. The molecule has 42 valence electrons. The first-order valence-corrected chi connectivity index (χ1v) is 2.15. The van der Waals surface area contributed by atoms with E-state index in [1.165, 1.54) is 12.3 Å². The Hall–Kier alpha value is -1.25. The first kappa shape index (κ1) is 4.90. The average molecular weight is 111 g/mol. The van der Waals surface area contributed by atoms with Crippen molar-refractivity contribution in [2.75, 3.05) is 0 Å². The van der Waals surface area contributed by atoms with E-state index < -0.39 is 0 Å². The minimum absolute atomic E-state index is 0.0205. The topological polar surface area (TPSA) is 53.1 Å². The van der Waals surface area contributed by atoms with Crippen molar-refractivity contribution in [2.45, 2.75) is 0 Å². The Morgan fingerprint density at radius 3 is 2.75 bits per heavy atom. The SMILES string of the molecule is O=Cc1c[nH]c(O)c1. The number of aromatic nitrogens is 1. The van der Waals surface area contributed by atoms with Gasteiger partial charge in [0.25, 0.3) is 0 Å². The molecule has 0 aliphatic heterocycles. The summed E-state index contributed by atoms with van der Waals surface area (Å²) in [6.45, 7) is 0. The molecule has 1 rings (SSSR count). The third-order valence-electron chi connectivity index (χ3n) is 0.826. The van der Waals surface area contributed by atoms with Crippen LogP contribution in [0.5, 0.6) is 5.88 Å². The van der Waals surface area contributed by atoms with Crippen molar-refractivity contribution in [1.29, 1.82) is 0 Å². The molecule has 0 spiro atoms. The van der Waals surface area contributed by atoms with Crippen LogP contribution in [0.4, 0.5) is 0 Å². The van der Waals surface area contributed by atoms with Crippen LogP contribution in [0.15, 0.2) is 12.3 Å². The summed E-state index contributed by atoms with van der Waals surface area (Å²) in [5.74, 6) is 0.0205. The second-order valence-electron chi connectivity index (χ2n) is 1.44. The number of rotatable bonds is 1. The van der Waals surface area contributed by atoms with Crippen molar-refractivity contribution < 1.29 is 9.90 Å². The lowest BCUT2D eigenvalue weighted by molar-refractivity contribution is 0.112. The zero-order valence-corrected chi connectivity index (χ0v) is 4.09. The summed E-state index contributed by atoms with van der Waals surface area (Å²) < 4.78 is 0. The fourth-order valence-electron chi connectivity index (χ4n) is 0.467. The number of H-pyrrole nitrogens is 1. The number of hydrogen-bond acceptors (Lipinski definition) is 2. The summed E-state index contributed by atoms with van der Waals surface area (Å²) in [4.78, 5) is 12.3. The molecule has 0 saturated carbocycles. The molecule has 0 aliphatic rings. The maximum absolute atomic E-state index is 9.89. The predicted octanol–water partition coefficient (Wildman–Crippen LogP) is 0.533. The highest BCUT2D eigenvalue weighted by molar-refractivity contribution is 5.74. The van der Waals surface area contributed by atoms with Crippen LogP contribution < -0.4 is 0 Å². The van der Waals surface area contributed by atoms with Gasteiger partial charge in [-0.2, -0.15) is 0 Å². The van der Waals surface area contributed by atoms with Gasteiger partial charge in [0.2, 0.25) is 0 Å². The summed E-state index contributed by atoms with van der Waals surface area (Å²) in [7, 11) is 0. The molecule has 0 aromatic carbocycles. The fraction of sp³-hybridized carbons (Fsp3) is 0. The van der Waals surface area contributed by atoms with E-state index in [4.69, 9.17) is 5.11 Å². The minimum Gasteiger partial charge on any atom is -0.495 e. The van der Waals surface area contributed by atoms with Crippen LogP contribution in [0.25, 0.3) is 0 Å². The Balaban J connectivity index is 3.00. The van der Waals surface area contributed by atoms with E-state index >= 15 is 0 Å². The number of nitrogens with one attached hydrogen (secondary N) is 1. The van der Waals surface area contributed by atoms with Gasteiger partial charge in [-0.05, 0) is 0 Å². The van der Waals surface area contributed by atoms with Gasteiger partial charge in [0, 0.05) is 17.8 Å². The first-order valence-electron chi connectivity index (χ1n) is 2.15. The Morgan fingerprint density at radius 1 is 1.75 bits per heavy atom. The number of aromatic amines is 1. The van der Waals surface area contributed by atoms with Crippen molar-refractivity contribution in [1.82, 2.24) is 4.98 Å². The normalized spacial score (nSPS) is 9.00. The van der Waals surface area contributed by atoms with Crippen LogP contribution in [0.1, 0.15) is 10.4 Å². The Labute approximate surface area is 46.0 Å². The lowest BCUT2D eigenvalue weighted by Gasteiger charge is -1.71. The molecule has 0 aliphatic carbocycles. The molecule has 1 aromatic heterocycles. The highest BCUT2D eigenvalue weighted by Gasteiger charge is 1.90. The van der Waals surface area contributed by atoms with Gasteiger partial charge in [-0.15, -0.1) is 0 Å². The summed E-state index contributed by atoms with van der Waals surface area (Å²) in [5.41, 5.74) is 0.461.